The molecule has 0 amide bonds. The van der Waals surface area contributed by atoms with Gasteiger partial charge >= 0.3 is 0 Å². The maximum atomic E-state index is 12.1. The van der Waals surface area contributed by atoms with Crippen LogP contribution in [0.2, 0.25) is 0 Å². The maximum absolute atomic E-state index is 12.1. The Morgan fingerprint density at radius 2 is 2.19 bits per heavy atom. The van der Waals surface area contributed by atoms with E-state index < -0.39 is 5.41 Å². The van der Waals surface area contributed by atoms with E-state index in [1.54, 1.807) is 0 Å². The van der Waals surface area contributed by atoms with Gasteiger partial charge in [-0.05, 0) is 12.8 Å². The van der Waals surface area contributed by atoms with Gasteiger partial charge in [0.05, 0.1) is 12.7 Å². The van der Waals surface area contributed by atoms with Gasteiger partial charge in [-0.3, -0.25) is 0 Å². The fraction of sp³-hybridized carbons (Fsp3) is 0.692. The van der Waals surface area contributed by atoms with E-state index in [9.17, 15) is 4.79 Å². The summed E-state index contributed by atoms with van der Waals surface area (Å²) >= 11 is 0. The molecule has 2 atom stereocenters. The van der Waals surface area contributed by atoms with Crippen molar-refractivity contribution in [1.82, 2.24) is 0 Å². The van der Waals surface area contributed by atoms with Crippen LogP contribution in [0.3, 0.4) is 0 Å². The summed E-state index contributed by atoms with van der Waals surface area (Å²) in [5.41, 5.74) is -0.450. The van der Waals surface area contributed by atoms with Crippen molar-refractivity contribution in [3.05, 3.63) is 23.2 Å². The summed E-state index contributed by atoms with van der Waals surface area (Å²) in [5, 5.41) is 0. The van der Waals surface area contributed by atoms with Crippen LogP contribution >= 0.6 is 0 Å². The molecule has 0 bridgehead atoms. The number of ketones is 1. The molecule has 2 aliphatic rings. The first-order valence-electron chi connectivity index (χ1n) is 5.68. The van der Waals surface area contributed by atoms with Gasteiger partial charge in [0.2, 0.25) is 5.70 Å². The highest BCUT2D eigenvalue weighted by Gasteiger charge is 2.53. The zero-order valence-corrected chi connectivity index (χ0v) is 10.0. The smallest absolute Gasteiger partial charge is 0.226 e. The summed E-state index contributed by atoms with van der Waals surface area (Å²) in [6.07, 6.45) is 3.73. The van der Waals surface area contributed by atoms with E-state index in [2.05, 4.69) is 11.8 Å². The molecular formula is C13H17NO2. The number of carbonyl (C=O) groups excluding carboxylic acids is 1. The lowest BCUT2D eigenvalue weighted by atomic mass is 9.61. The lowest BCUT2D eigenvalue weighted by Gasteiger charge is -2.49. The predicted octanol–water partition coefficient (Wildman–Crippen LogP) is 2.58. The van der Waals surface area contributed by atoms with Gasteiger partial charge in [0.1, 0.15) is 0 Å². The number of ether oxygens (including phenoxy) is 1. The fourth-order valence-corrected chi connectivity index (χ4v) is 3.07. The number of allylic oxidation sites excluding steroid dienone is 1. The van der Waals surface area contributed by atoms with Crippen molar-refractivity contribution < 1.29 is 9.53 Å². The zero-order chi connectivity index (χ0) is 12.0. The quantitative estimate of drug-likeness (QED) is 0.586. The molecule has 0 aromatic carbocycles. The Balaban J connectivity index is 2.53. The first-order valence-corrected chi connectivity index (χ1v) is 5.68. The fourth-order valence-electron chi connectivity index (χ4n) is 3.07. The van der Waals surface area contributed by atoms with E-state index in [0.717, 1.165) is 19.4 Å². The van der Waals surface area contributed by atoms with Crippen molar-refractivity contribution in [3.8, 4) is 0 Å². The highest BCUT2D eigenvalue weighted by molar-refractivity contribution is 6.02. The second-order valence-electron chi connectivity index (χ2n) is 5.55. The second kappa shape index (κ2) is 3.43. The van der Waals surface area contributed by atoms with Gasteiger partial charge < -0.3 is 9.53 Å². The number of carbonyl (C=O) groups is 1. The Morgan fingerprint density at radius 3 is 2.81 bits per heavy atom. The van der Waals surface area contributed by atoms with Gasteiger partial charge in [0.15, 0.2) is 5.78 Å². The van der Waals surface area contributed by atoms with Gasteiger partial charge in [-0.15, -0.1) is 0 Å². The molecule has 0 aromatic rings. The molecule has 1 heterocycles. The lowest BCUT2D eigenvalue weighted by molar-refractivity contribution is -0.152. The van der Waals surface area contributed by atoms with Gasteiger partial charge in [-0.25, -0.2) is 4.85 Å². The Kier molecular flexibility index (Phi) is 2.43. The highest BCUT2D eigenvalue weighted by atomic mass is 16.5. The standard InChI is InChI=1S/C13H17NO2/c1-12(2)10(15)9(14-4)8-13(3)6-5-7-16-11(12)13/h8,11H,5-7H2,1-3H3/t11-,13-/m1/s1. The number of hydrogen-bond acceptors (Lipinski definition) is 2. The van der Waals surface area contributed by atoms with Crippen molar-refractivity contribution in [1.29, 1.82) is 0 Å². The van der Waals surface area contributed by atoms with E-state index in [-0.39, 0.29) is 23.0 Å². The second-order valence-corrected chi connectivity index (χ2v) is 5.55. The molecule has 3 nitrogen and oxygen atoms in total. The molecule has 0 unspecified atom stereocenters. The lowest BCUT2D eigenvalue weighted by Crippen LogP contribution is -2.54. The molecule has 1 aliphatic heterocycles. The monoisotopic (exact) mass is 219 g/mol. The molecule has 0 N–H and O–H groups in total. The summed E-state index contributed by atoms with van der Waals surface area (Å²) < 4.78 is 5.80. The average molecular weight is 219 g/mol. The van der Waals surface area contributed by atoms with Crippen LogP contribution in [0.25, 0.3) is 4.85 Å². The Labute approximate surface area is 96.3 Å². The van der Waals surface area contributed by atoms with Crippen molar-refractivity contribution in [3.63, 3.8) is 0 Å². The van der Waals surface area contributed by atoms with Crippen molar-refractivity contribution >= 4 is 5.78 Å². The molecule has 1 saturated heterocycles. The average Bonchev–Trinajstić information content (AvgIpc) is 2.24. The van der Waals surface area contributed by atoms with E-state index in [1.807, 2.05) is 19.9 Å². The van der Waals surface area contributed by atoms with Gasteiger partial charge in [-0.1, -0.05) is 26.8 Å². The molecule has 1 aliphatic carbocycles. The normalized spacial score (nSPS) is 37.2. The van der Waals surface area contributed by atoms with E-state index in [0.29, 0.717) is 0 Å². The minimum Gasteiger partial charge on any atom is -0.376 e. The SMILES string of the molecule is [C-]#[N+]C1=C[C@@]2(C)CCCO[C@@H]2C(C)(C)C1=O. The zero-order valence-electron chi connectivity index (χ0n) is 10.0. The van der Waals surface area contributed by atoms with Crippen LogP contribution in [-0.4, -0.2) is 18.5 Å². The summed E-state index contributed by atoms with van der Waals surface area (Å²) in [6, 6.07) is 0. The molecule has 0 aromatic heterocycles. The first-order chi connectivity index (χ1) is 7.42. The molecule has 2 rings (SSSR count). The molecule has 0 spiro atoms. The minimum absolute atomic E-state index is 0.0770. The number of hydrogen-bond donors (Lipinski definition) is 0. The number of Topliss-reactive ketones (excluding diaryl/α,β-unsaturated/α-hetero) is 1. The molecule has 16 heavy (non-hydrogen) atoms. The molecule has 1 fully saturated rings. The van der Waals surface area contributed by atoms with Crippen LogP contribution in [0, 0.1) is 17.4 Å². The molecule has 3 heteroatoms. The molecular weight excluding hydrogens is 202 g/mol. The summed E-state index contributed by atoms with van der Waals surface area (Å²) in [6.45, 7) is 13.7. The summed E-state index contributed by atoms with van der Waals surface area (Å²) in [7, 11) is 0. The van der Waals surface area contributed by atoms with Crippen LogP contribution in [0.5, 0.6) is 0 Å². The first kappa shape index (κ1) is 11.3. The van der Waals surface area contributed by atoms with Gasteiger partial charge in [0, 0.05) is 17.4 Å². The predicted molar refractivity (Wildman–Crippen MR) is 60.6 cm³/mol. The van der Waals surface area contributed by atoms with Crippen LogP contribution in [0.1, 0.15) is 33.6 Å². The summed E-state index contributed by atoms with van der Waals surface area (Å²) in [4.78, 5) is 15.5. The van der Waals surface area contributed by atoms with Gasteiger partial charge in [0.25, 0.3) is 0 Å². The van der Waals surface area contributed by atoms with E-state index in [1.165, 1.54) is 0 Å². The van der Waals surface area contributed by atoms with Crippen LogP contribution in [0.15, 0.2) is 11.8 Å². The number of rotatable bonds is 0. The van der Waals surface area contributed by atoms with Crippen LogP contribution < -0.4 is 0 Å². The minimum atomic E-state index is -0.580. The third-order valence-electron chi connectivity index (χ3n) is 3.80. The molecule has 86 valence electrons. The molecule has 0 radical (unpaired) electrons. The molecule has 0 saturated carbocycles. The van der Waals surface area contributed by atoms with Gasteiger partial charge in [-0.2, -0.15) is 0 Å². The van der Waals surface area contributed by atoms with E-state index >= 15 is 0 Å². The van der Waals surface area contributed by atoms with E-state index in [4.69, 9.17) is 11.3 Å². The van der Waals surface area contributed by atoms with Crippen LogP contribution in [-0.2, 0) is 9.53 Å². The Bertz CT molecular complexity index is 403. The van der Waals surface area contributed by atoms with Crippen molar-refractivity contribution in [2.24, 2.45) is 10.8 Å². The third-order valence-corrected chi connectivity index (χ3v) is 3.80. The highest BCUT2D eigenvalue weighted by Crippen LogP contribution is 2.49. The number of nitrogens with zero attached hydrogens (tertiary/aromatic N) is 1. The Morgan fingerprint density at radius 1 is 1.50 bits per heavy atom. The topological polar surface area (TPSA) is 30.7 Å². The maximum Gasteiger partial charge on any atom is 0.226 e. The van der Waals surface area contributed by atoms with Crippen LogP contribution in [0.4, 0.5) is 0 Å². The Hall–Kier alpha value is -1.14. The van der Waals surface area contributed by atoms with Crippen molar-refractivity contribution in [2.45, 2.75) is 39.7 Å². The largest absolute Gasteiger partial charge is 0.376 e. The van der Waals surface area contributed by atoms with Crippen molar-refractivity contribution in [2.75, 3.05) is 6.61 Å². The summed E-state index contributed by atoms with van der Waals surface area (Å²) in [5.74, 6) is -0.0770. The third kappa shape index (κ3) is 1.41. The number of fused-ring (bicyclic) bond motifs is 1.